The van der Waals surface area contributed by atoms with Gasteiger partial charge < -0.3 is 15.3 Å². The third kappa shape index (κ3) is 5.80. The van der Waals surface area contributed by atoms with Crippen LogP contribution in [0.2, 0.25) is 0 Å². The topological polar surface area (TPSA) is 35.5 Å². The van der Waals surface area contributed by atoms with Crippen molar-refractivity contribution in [3.8, 4) is 0 Å². The van der Waals surface area contributed by atoms with Crippen LogP contribution in [0.3, 0.4) is 0 Å². The molecule has 1 aliphatic carbocycles. The van der Waals surface area contributed by atoms with Crippen LogP contribution in [-0.2, 0) is 0 Å². The third-order valence-corrected chi connectivity index (χ3v) is 4.40. The fraction of sp³-hybridized carbons (Fsp3) is 1.00. The SMILES string of the molecule is CCCNC(CC)(CO)CCCN(CCC)C1CC1. The van der Waals surface area contributed by atoms with Gasteiger partial charge in [-0.15, -0.1) is 0 Å². The molecule has 1 fully saturated rings. The fourth-order valence-corrected chi connectivity index (χ4v) is 2.85. The van der Waals surface area contributed by atoms with Crippen LogP contribution in [0.1, 0.15) is 65.7 Å². The lowest BCUT2D eigenvalue weighted by molar-refractivity contribution is 0.137. The molecular weight excluding hydrogens is 236 g/mol. The van der Waals surface area contributed by atoms with Crippen LogP contribution in [0.4, 0.5) is 0 Å². The maximum absolute atomic E-state index is 9.72. The highest BCUT2D eigenvalue weighted by Gasteiger charge is 2.30. The molecule has 0 amide bonds. The molecule has 2 N–H and O–H groups in total. The predicted molar refractivity (Wildman–Crippen MR) is 82.5 cm³/mol. The van der Waals surface area contributed by atoms with E-state index in [0.29, 0.717) is 0 Å². The lowest BCUT2D eigenvalue weighted by Gasteiger charge is -2.33. The van der Waals surface area contributed by atoms with Gasteiger partial charge >= 0.3 is 0 Å². The summed E-state index contributed by atoms with van der Waals surface area (Å²) in [5.41, 5.74) is -0.0442. The van der Waals surface area contributed by atoms with E-state index in [-0.39, 0.29) is 12.1 Å². The zero-order valence-corrected chi connectivity index (χ0v) is 13.2. The Labute approximate surface area is 119 Å². The van der Waals surface area contributed by atoms with Gasteiger partial charge in [0.1, 0.15) is 0 Å². The van der Waals surface area contributed by atoms with Gasteiger partial charge in [-0.2, -0.15) is 0 Å². The number of hydrogen-bond donors (Lipinski definition) is 2. The second-order valence-electron chi connectivity index (χ2n) is 6.09. The molecule has 0 aromatic rings. The summed E-state index contributed by atoms with van der Waals surface area (Å²) in [4.78, 5) is 2.65. The molecule has 1 saturated carbocycles. The Bertz CT molecular complexity index is 225. The maximum atomic E-state index is 9.72. The van der Waals surface area contributed by atoms with Crippen LogP contribution in [-0.4, -0.2) is 47.8 Å². The van der Waals surface area contributed by atoms with Crippen LogP contribution in [0.15, 0.2) is 0 Å². The normalized spacial score (nSPS) is 18.8. The molecular formula is C16H34N2O. The minimum absolute atomic E-state index is 0.0442. The van der Waals surface area contributed by atoms with Crippen molar-refractivity contribution in [1.82, 2.24) is 10.2 Å². The summed E-state index contributed by atoms with van der Waals surface area (Å²) in [6.45, 7) is 10.3. The second kappa shape index (κ2) is 8.93. The summed E-state index contributed by atoms with van der Waals surface area (Å²) >= 11 is 0. The number of aliphatic hydroxyl groups excluding tert-OH is 1. The molecule has 1 rings (SSSR count). The largest absolute Gasteiger partial charge is 0.394 e. The molecule has 0 heterocycles. The first-order chi connectivity index (χ1) is 9.21. The van der Waals surface area contributed by atoms with Crippen molar-refractivity contribution in [1.29, 1.82) is 0 Å². The van der Waals surface area contributed by atoms with Gasteiger partial charge in [-0.3, -0.25) is 0 Å². The summed E-state index contributed by atoms with van der Waals surface area (Å²) < 4.78 is 0. The van der Waals surface area contributed by atoms with E-state index in [1.165, 1.54) is 38.8 Å². The van der Waals surface area contributed by atoms with Gasteiger partial charge in [0.15, 0.2) is 0 Å². The van der Waals surface area contributed by atoms with E-state index in [0.717, 1.165) is 31.8 Å². The Kier molecular flexibility index (Phi) is 7.96. The Hall–Kier alpha value is -0.120. The Morgan fingerprint density at radius 3 is 2.37 bits per heavy atom. The fourth-order valence-electron chi connectivity index (χ4n) is 2.85. The van der Waals surface area contributed by atoms with Crippen molar-refractivity contribution in [3.05, 3.63) is 0 Å². The van der Waals surface area contributed by atoms with E-state index in [4.69, 9.17) is 0 Å². The van der Waals surface area contributed by atoms with Crippen LogP contribution < -0.4 is 5.32 Å². The standard InChI is InChI=1S/C16H34N2O/c1-4-11-17-16(6-3,14-19)10-7-13-18(12-5-2)15-8-9-15/h15,17,19H,4-14H2,1-3H3. The van der Waals surface area contributed by atoms with E-state index in [1.807, 2.05) is 0 Å². The number of aliphatic hydroxyl groups is 1. The minimum atomic E-state index is -0.0442. The molecule has 1 unspecified atom stereocenters. The van der Waals surface area contributed by atoms with Crippen LogP contribution in [0, 0.1) is 0 Å². The van der Waals surface area contributed by atoms with Crippen molar-refractivity contribution < 1.29 is 5.11 Å². The predicted octanol–water partition coefficient (Wildman–Crippen LogP) is 2.78. The summed E-state index contributed by atoms with van der Waals surface area (Å²) in [5, 5.41) is 13.3. The van der Waals surface area contributed by atoms with E-state index < -0.39 is 0 Å². The monoisotopic (exact) mass is 270 g/mol. The van der Waals surface area contributed by atoms with Crippen molar-refractivity contribution in [2.45, 2.75) is 77.3 Å². The van der Waals surface area contributed by atoms with Gasteiger partial charge in [0.05, 0.1) is 6.61 Å². The van der Waals surface area contributed by atoms with Crippen molar-refractivity contribution >= 4 is 0 Å². The van der Waals surface area contributed by atoms with Crippen LogP contribution in [0.5, 0.6) is 0 Å². The maximum Gasteiger partial charge on any atom is 0.0613 e. The third-order valence-electron chi connectivity index (χ3n) is 4.40. The quantitative estimate of drug-likeness (QED) is 0.572. The minimum Gasteiger partial charge on any atom is -0.394 e. The van der Waals surface area contributed by atoms with Gasteiger partial charge in [-0.05, 0) is 64.6 Å². The molecule has 0 aliphatic heterocycles. The zero-order chi connectivity index (χ0) is 14.1. The Balaban J connectivity index is 2.33. The Morgan fingerprint density at radius 2 is 1.89 bits per heavy atom. The van der Waals surface area contributed by atoms with E-state index in [9.17, 15) is 5.11 Å². The highest BCUT2D eigenvalue weighted by Crippen LogP contribution is 2.28. The molecule has 3 heteroatoms. The molecule has 0 aromatic heterocycles. The van der Waals surface area contributed by atoms with E-state index in [2.05, 4.69) is 31.0 Å². The lowest BCUT2D eigenvalue weighted by Crippen LogP contribution is -2.48. The highest BCUT2D eigenvalue weighted by atomic mass is 16.3. The summed E-state index contributed by atoms with van der Waals surface area (Å²) in [6, 6.07) is 0.869. The number of hydrogen-bond acceptors (Lipinski definition) is 3. The molecule has 114 valence electrons. The van der Waals surface area contributed by atoms with Gasteiger partial charge in [-0.25, -0.2) is 0 Å². The summed E-state index contributed by atoms with van der Waals surface area (Å²) in [6.07, 6.45) is 8.48. The van der Waals surface area contributed by atoms with Crippen LogP contribution in [0.25, 0.3) is 0 Å². The first-order valence-electron chi connectivity index (χ1n) is 8.31. The lowest BCUT2D eigenvalue weighted by atomic mass is 9.91. The van der Waals surface area contributed by atoms with Gasteiger partial charge in [0.2, 0.25) is 0 Å². The molecule has 0 spiro atoms. The number of nitrogens with one attached hydrogen (secondary N) is 1. The van der Waals surface area contributed by atoms with E-state index in [1.54, 1.807) is 0 Å². The van der Waals surface area contributed by atoms with Gasteiger partial charge in [0, 0.05) is 11.6 Å². The first kappa shape index (κ1) is 16.9. The zero-order valence-electron chi connectivity index (χ0n) is 13.2. The summed E-state index contributed by atoms with van der Waals surface area (Å²) in [5.74, 6) is 0. The molecule has 1 atom stereocenters. The van der Waals surface area contributed by atoms with Crippen molar-refractivity contribution in [3.63, 3.8) is 0 Å². The number of nitrogens with zero attached hydrogens (tertiary/aromatic N) is 1. The number of rotatable bonds is 12. The smallest absolute Gasteiger partial charge is 0.0613 e. The molecule has 0 radical (unpaired) electrons. The first-order valence-corrected chi connectivity index (χ1v) is 8.31. The highest BCUT2D eigenvalue weighted by molar-refractivity contribution is 4.88. The summed E-state index contributed by atoms with van der Waals surface area (Å²) in [7, 11) is 0. The molecule has 1 aliphatic rings. The van der Waals surface area contributed by atoms with E-state index >= 15 is 0 Å². The molecule has 0 saturated heterocycles. The molecule has 19 heavy (non-hydrogen) atoms. The van der Waals surface area contributed by atoms with Gasteiger partial charge in [-0.1, -0.05) is 20.8 Å². The average Bonchev–Trinajstić information content (AvgIpc) is 3.26. The molecule has 0 bridgehead atoms. The van der Waals surface area contributed by atoms with Crippen LogP contribution >= 0.6 is 0 Å². The van der Waals surface area contributed by atoms with Gasteiger partial charge in [0.25, 0.3) is 0 Å². The van der Waals surface area contributed by atoms with Crippen molar-refractivity contribution in [2.24, 2.45) is 0 Å². The Morgan fingerprint density at radius 1 is 1.16 bits per heavy atom. The van der Waals surface area contributed by atoms with Crippen molar-refractivity contribution in [2.75, 3.05) is 26.2 Å². The average molecular weight is 270 g/mol. The molecule has 0 aromatic carbocycles. The second-order valence-corrected chi connectivity index (χ2v) is 6.09. The molecule has 3 nitrogen and oxygen atoms in total.